The molecule has 1 saturated carbocycles. The van der Waals surface area contributed by atoms with Crippen molar-refractivity contribution in [1.29, 1.82) is 0 Å². The maximum Gasteiger partial charge on any atom is 0.0382 e. The zero-order valence-corrected chi connectivity index (χ0v) is 12.3. The number of hydrogen-bond acceptors (Lipinski definition) is 2. The van der Waals surface area contributed by atoms with Gasteiger partial charge in [-0.25, -0.2) is 0 Å². The van der Waals surface area contributed by atoms with E-state index in [4.69, 9.17) is 0 Å². The minimum absolute atomic E-state index is 0.436. The Bertz CT molecular complexity index is 554. The van der Waals surface area contributed by atoms with Crippen molar-refractivity contribution in [3.05, 3.63) is 29.8 Å². The van der Waals surface area contributed by atoms with Crippen molar-refractivity contribution in [2.75, 3.05) is 18.4 Å². The van der Waals surface area contributed by atoms with Crippen LogP contribution in [0.4, 0.5) is 5.69 Å². The van der Waals surface area contributed by atoms with Crippen molar-refractivity contribution < 1.29 is 0 Å². The fraction of sp³-hybridized carbons (Fsp3) is 0.667. The molecule has 4 aliphatic rings. The van der Waals surface area contributed by atoms with Gasteiger partial charge in [0.2, 0.25) is 0 Å². The van der Waals surface area contributed by atoms with Gasteiger partial charge >= 0.3 is 0 Å². The van der Waals surface area contributed by atoms with E-state index in [1.807, 2.05) is 0 Å². The molecule has 1 aliphatic carbocycles. The van der Waals surface area contributed by atoms with Crippen molar-refractivity contribution in [2.24, 2.45) is 11.8 Å². The Labute approximate surface area is 121 Å². The molecule has 2 bridgehead atoms. The van der Waals surface area contributed by atoms with Gasteiger partial charge in [0.05, 0.1) is 0 Å². The minimum atomic E-state index is 0.436. The maximum atomic E-state index is 3.90. The van der Waals surface area contributed by atoms with Crippen LogP contribution < -0.4 is 5.32 Å². The van der Waals surface area contributed by atoms with E-state index in [0.717, 1.165) is 17.9 Å². The van der Waals surface area contributed by atoms with Gasteiger partial charge in [-0.05, 0) is 49.3 Å². The number of nitrogens with zero attached hydrogens (tertiary/aromatic N) is 1. The van der Waals surface area contributed by atoms with Crippen LogP contribution in [-0.4, -0.2) is 30.1 Å². The Balaban J connectivity index is 1.64. The van der Waals surface area contributed by atoms with E-state index < -0.39 is 0 Å². The molecule has 3 heterocycles. The molecule has 106 valence electrons. The van der Waals surface area contributed by atoms with Crippen LogP contribution in [0, 0.1) is 11.8 Å². The molecule has 5 atom stereocenters. The molecule has 3 aliphatic heterocycles. The third kappa shape index (κ3) is 1.21. The second kappa shape index (κ2) is 3.79. The molecule has 0 amide bonds. The lowest BCUT2D eigenvalue weighted by Crippen LogP contribution is -2.59. The van der Waals surface area contributed by atoms with Crippen LogP contribution >= 0.6 is 0 Å². The number of para-hydroxylation sites is 1. The molecule has 1 aromatic rings. The third-order valence-electron chi connectivity index (χ3n) is 6.95. The number of rotatable bonds is 1. The Kier molecular flexibility index (Phi) is 2.20. The second-order valence-corrected chi connectivity index (χ2v) is 7.44. The fourth-order valence-corrected chi connectivity index (χ4v) is 6.05. The van der Waals surface area contributed by atoms with Crippen molar-refractivity contribution in [3.8, 4) is 0 Å². The number of fused-ring (bicyclic) bond motifs is 2. The molecule has 1 spiro atoms. The zero-order chi connectivity index (χ0) is 13.3. The summed E-state index contributed by atoms with van der Waals surface area (Å²) in [5.41, 5.74) is 3.50. The van der Waals surface area contributed by atoms with Crippen molar-refractivity contribution >= 4 is 5.69 Å². The molecule has 20 heavy (non-hydrogen) atoms. The number of hydrogen-bond donors (Lipinski definition) is 1. The lowest BCUT2D eigenvalue weighted by molar-refractivity contribution is 0.0207. The van der Waals surface area contributed by atoms with Crippen LogP contribution in [0.15, 0.2) is 24.3 Å². The van der Waals surface area contributed by atoms with Crippen LogP contribution in [0.1, 0.15) is 38.2 Å². The van der Waals surface area contributed by atoms with Gasteiger partial charge in [-0.1, -0.05) is 31.5 Å². The van der Waals surface area contributed by atoms with Gasteiger partial charge in [-0.15, -0.1) is 0 Å². The summed E-state index contributed by atoms with van der Waals surface area (Å²) >= 11 is 0. The normalized spacial score (nSPS) is 44.9. The monoisotopic (exact) mass is 268 g/mol. The summed E-state index contributed by atoms with van der Waals surface area (Å²) in [6.45, 7) is 5.07. The molecule has 0 aromatic heterocycles. The molecule has 2 nitrogen and oxygen atoms in total. The van der Waals surface area contributed by atoms with E-state index in [1.165, 1.54) is 44.5 Å². The standard InChI is InChI=1S/C18H24N2/c1-2-12-11-20-8-7-18-14-5-3-4-6-15(14)19-16(18)9-13(12)10-17(18)20/h3-6,12-13,16-17,19H,2,7-11H2,1H3/t12-,13-,16?,17-,18+/m1/s1. The molecule has 3 fully saturated rings. The zero-order valence-electron chi connectivity index (χ0n) is 12.3. The molecule has 2 heteroatoms. The summed E-state index contributed by atoms with van der Waals surface area (Å²) in [6.07, 6.45) is 5.58. The highest BCUT2D eigenvalue weighted by Gasteiger charge is 2.62. The Morgan fingerprint density at radius 1 is 1.30 bits per heavy atom. The molecule has 0 radical (unpaired) electrons. The largest absolute Gasteiger partial charge is 0.381 e. The molecule has 1 aromatic carbocycles. The van der Waals surface area contributed by atoms with Gasteiger partial charge in [0, 0.05) is 29.7 Å². The SMILES string of the molecule is CC[C@@H]1CN2CC[C@]34c5ccccc5NC3C[C@@H]1C[C@@H]24. The average Bonchev–Trinajstić information content (AvgIpc) is 3.02. The van der Waals surface area contributed by atoms with Gasteiger partial charge in [-0.2, -0.15) is 0 Å². The summed E-state index contributed by atoms with van der Waals surface area (Å²) in [7, 11) is 0. The van der Waals surface area contributed by atoms with Gasteiger partial charge in [0.1, 0.15) is 0 Å². The van der Waals surface area contributed by atoms with E-state index >= 15 is 0 Å². The van der Waals surface area contributed by atoms with Crippen LogP contribution in [0.5, 0.6) is 0 Å². The predicted molar refractivity (Wildman–Crippen MR) is 82.0 cm³/mol. The fourth-order valence-electron chi connectivity index (χ4n) is 6.05. The number of nitrogens with one attached hydrogen (secondary N) is 1. The van der Waals surface area contributed by atoms with Gasteiger partial charge < -0.3 is 5.32 Å². The quantitative estimate of drug-likeness (QED) is 0.841. The first kappa shape index (κ1) is 11.6. The van der Waals surface area contributed by atoms with Gasteiger partial charge in [-0.3, -0.25) is 4.90 Å². The van der Waals surface area contributed by atoms with Crippen molar-refractivity contribution in [3.63, 3.8) is 0 Å². The Hall–Kier alpha value is -1.02. The first-order valence-corrected chi connectivity index (χ1v) is 8.43. The van der Waals surface area contributed by atoms with E-state index in [9.17, 15) is 0 Å². The average molecular weight is 268 g/mol. The van der Waals surface area contributed by atoms with Gasteiger partial charge in [0.15, 0.2) is 0 Å². The highest BCUT2D eigenvalue weighted by atomic mass is 15.2. The Morgan fingerprint density at radius 2 is 2.20 bits per heavy atom. The van der Waals surface area contributed by atoms with E-state index in [2.05, 4.69) is 41.4 Å². The summed E-state index contributed by atoms with van der Waals surface area (Å²) in [5.74, 6) is 1.90. The summed E-state index contributed by atoms with van der Waals surface area (Å²) < 4.78 is 0. The number of piperidine rings is 1. The van der Waals surface area contributed by atoms with Crippen molar-refractivity contribution in [2.45, 2.75) is 50.1 Å². The minimum Gasteiger partial charge on any atom is -0.381 e. The summed E-state index contributed by atoms with van der Waals surface area (Å²) in [6, 6.07) is 10.6. The van der Waals surface area contributed by atoms with Crippen molar-refractivity contribution in [1.82, 2.24) is 4.90 Å². The highest BCUT2D eigenvalue weighted by Crippen LogP contribution is 2.59. The topological polar surface area (TPSA) is 15.3 Å². The van der Waals surface area contributed by atoms with Gasteiger partial charge in [0.25, 0.3) is 0 Å². The van der Waals surface area contributed by atoms with Crippen LogP contribution in [0.25, 0.3) is 0 Å². The summed E-state index contributed by atoms with van der Waals surface area (Å²) in [5, 5.41) is 3.90. The van der Waals surface area contributed by atoms with Crippen LogP contribution in [0.2, 0.25) is 0 Å². The Morgan fingerprint density at radius 3 is 3.10 bits per heavy atom. The second-order valence-electron chi connectivity index (χ2n) is 7.44. The molecular weight excluding hydrogens is 244 g/mol. The lowest BCUT2D eigenvalue weighted by Gasteiger charge is -2.53. The highest BCUT2D eigenvalue weighted by molar-refractivity contribution is 5.64. The number of benzene rings is 1. The third-order valence-corrected chi connectivity index (χ3v) is 6.95. The maximum absolute atomic E-state index is 3.90. The number of anilines is 1. The smallest absolute Gasteiger partial charge is 0.0382 e. The lowest BCUT2D eigenvalue weighted by atomic mass is 9.59. The molecular formula is C18H24N2. The van der Waals surface area contributed by atoms with Crippen LogP contribution in [-0.2, 0) is 5.41 Å². The van der Waals surface area contributed by atoms with E-state index in [-0.39, 0.29) is 0 Å². The molecule has 1 N–H and O–H groups in total. The van der Waals surface area contributed by atoms with E-state index in [1.54, 1.807) is 5.56 Å². The first-order chi connectivity index (χ1) is 9.83. The first-order valence-electron chi connectivity index (χ1n) is 8.43. The molecule has 5 rings (SSSR count). The summed E-state index contributed by atoms with van der Waals surface area (Å²) in [4.78, 5) is 2.83. The van der Waals surface area contributed by atoms with Crippen LogP contribution in [0.3, 0.4) is 0 Å². The predicted octanol–water partition coefficient (Wildman–Crippen LogP) is 3.24. The molecule has 1 unspecified atom stereocenters. The molecule has 2 saturated heterocycles. The van der Waals surface area contributed by atoms with E-state index in [0.29, 0.717) is 11.5 Å².